The molecule has 0 unspecified atom stereocenters. The molecule has 0 fully saturated rings. The predicted octanol–water partition coefficient (Wildman–Crippen LogP) is 3.04. The number of hydrogen-bond donors (Lipinski definition) is 2. The Morgan fingerprint density at radius 3 is 2.92 bits per heavy atom. The van der Waals surface area contributed by atoms with Gasteiger partial charge < -0.3 is 14.8 Å². The Morgan fingerprint density at radius 2 is 2.12 bits per heavy atom. The number of rotatable bonds is 4. The normalized spacial score (nSPS) is 19.6. The highest BCUT2D eigenvalue weighted by Crippen LogP contribution is 2.43. The number of nitrogens with zero attached hydrogens (tertiary/aromatic N) is 1. The molecule has 0 saturated heterocycles. The number of H-pyrrole nitrogens is 1. The molecule has 2 aliphatic rings. The number of aromatic nitrogens is 2. The van der Waals surface area contributed by atoms with Crippen molar-refractivity contribution in [1.29, 1.82) is 0 Å². The molecule has 8 heteroatoms. The van der Waals surface area contributed by atoms with E-state index in [1.165, 1.54) is 11.8 Å². The second-order valence-corrected chi connectivity index (χ2v) is 7.66. The number of benzene rings is 1. The van der Waals surface area contributed by atoms with Gasteiger partial charge in [0.25, 0.3) is 5.56 Å². The van der Waals surface area contributed by atoms with E-state index in [9.17, 15) is 9.59 Å². The van der Waals surface area contributed by atoms with Crippen LogP contribution in [0.1, 0.15) is 49.1 Å². The second kappa shape index (κ2) is 6.75. The zero-order chi connectivity index (χ0) is 18.3. The third-order valence-electron chi connectivity index (χ3n) is 4.71. The molecule has 2 N–H and O–H groups in total. The third kappa shape index (κ3) is 2.88. The maximum atomic E-state index is 12.8. The molecule has 4 rings (SSSR count). The Morgan fingerprint density at radius 1 is 1.31 bits per heavy atom. The first-order valence-electron chi connectivity index (χ1n) is 8.74. The van der Waals surface area contributed by atoms with Crippen LogP contribution in [0.5, 0.6) is 11.5 Å². The zero-order valence-corrected chi connectivity index (χ0v) is 15.5. The molecule has 1 aromatic heterocycles. The summed E-state index contributed by atoms with van der Waals surface area (Å²) in [5.74, 6) is 2.13. The first-order chi connectivity index (χ1) is 12.6. The SMILES string of the molecule is CCC[C@@H](C)n1[nH]c(=O)c2c1NC(=O)CS[C@@H]2c1ccc2c(c1)OCO2. The topological polar surface area (TPSA) is 85.4 Å². The van der Waals surface area contributed by atoms with Crippen LogP contribution in [0.4, 0.5) is 5.82 Å². The summed E-state index contributed by atoms with van der Waals surface area (Å²) >= 11 is 1.44. The van der Waals surface area contributed by atoms with Gasteiger partial charge in [-0.25, -0.2) is 0 Å². The Kier molecular flexibility index (Phi) is 4.44. The number of nitrogens with one attached hydrogen (secondary N) is 2. The van der Waals surface area contributed by atoms with E-state index in [1.807, 2.05) is 25.1 Å². The van der Waals surface area contributed by atoms with Crippen LogP contribution in [0.25, 0.3) is 0 Å². The molecule has 2 aliphatic heterocycles. The van der Waals surface area contributed by atoms with Gasteiger partial charge in [-0.2, -0.15) is 0 Å². The van der Waals surface area contributed by atoms with Gasteiger partial charge >= 0.3 is 0 Å². The van der Waals surface area contributed by atoms with E-state index in [1.54, 1.807) is 4.68 Å². The minimum absolute atomic E-state index is 0.0947. The van der Waals surface area contributed by atoms with Gasteiger partial charge in [-0.15, -0.1) is 11.8 Å². The molecule has 0 aliphatic carbocycles. The fourth-order valence-electron chi connectivity index (χ4n) is 3.46. The summed E-state index contributed by atoms with van der Waals surface area (Å²) in [5, 5.41) is 5.58. The summed E-state index contributed by atoms with van der Waals surface area (Å²) < 4.78 is 12.6. The predicted molar refractivity (Wildman–Crippen MR) is 100 cm³/mol. The number of ether oxygens (including phenoxy) is 2. The van der Waals surface area contributed by atoms with E-state index >= 15 is 0 Å². The first kappa shape index (κ1) is 17.1. The number of carbonyl (C=O) groups excluding carboxylic acids is 1. The second-order valence-electron chi connectivity index (χ2n) is 6.56. The molecule has 1 amide bonds. The van der Waals surface area contributed by atoms with Crippen LogP contribution in [0.2, 0.25) is 0 Å². The molecule has 3 heterocycles. The molecular formula is C18H21N3O4S. The van der Waals surface area contributed by atoms with Crippen molar-refractivity contribution in [3.05, 3.63) is 39.7 Å². The lowest BCUT2D eigenvalue weighted by Crippen LogP contribution is -2.18. The molecule has 138 valence electrons. The Hall–Kier alpha value is -2.35. The number of amides is 1. The van der Waals surface area contributed by atoms with Crippen molar-refractivity contribution < 1.29 is 14.3 Å². The molecule has 2 aromatic rings. The maximum Gasteiger partial charge on any atom is 0.270 e. The summed E-state index contributed by atoms with van der Waals surface area (Å²) in [6.07, 6.45) is 1.90. The van der Waals surface area contributed by atoms with E-state index in [0.717, 1.165) is 18.4 Å². The number of aromatic amines is 1. The molecule has 0 spiro atoms. The number of thioether (sulfide) groups is 1. The number of carbonyl (C=O) groups is 1. The minimum atomic E-state index is -0.253. The molecule has 0 bridgehead atoms. The molecule has 2 atom stereocenters. The average Bonchev–Trinajstić information content (AvgIpc) is 3.16. The lowest BCUT2D eigenvalue weighted by atomic mass is 10.1. The van der Waals surface area contributed by atoms with Crippen molar-refractivity contribution in [3.63, 3.8) is 0 Å². The van der Waals surface area contributed by atoms with E-state index in [-0.39, 0.29) is 35.3 Å². The van der Waals surface area contributed by atoms with E-state index in [0.29, 0.717) is 22.9 Å². The molecule has 1 aromatic carbocycles. The van der Waals surface area contributed by atoms with Gasteiger partial charge in [0.05, 0.1) is 16.6 Å². The minimum Gasteiger partial charge on any atom is -0.454 e. The Bertz CT molecular complexity index is 904. The van der Waals surface area contributed by atoms with E-state index < -0.39 is 0 Å². The number of hydrogen-bond acceptors (Lipinski definition) is 5. The van der Waals surface area contributed by atoms with E-state index in [4.69, 9.17) is 9.47 Å². The van der Waals surface area contributed by atoms with Crippen molar-refractivity contribution in [2.75, 3.05) is 17.9 Å². The number of anilines is 1. The molecule has 26 heavy (non-hydrogen) atoms. The van der Waals surface area contributed by atoms with Crippen molar-refractivity contribution in [3.8, 4) is 11.5 Å². The highest BCUT2D eigenvalue weighted by Gasteiger charge is 2.32. The van der Waals surface area contributed by atoms with Crippen LogP contribution in [-0.2, 0) is 4.79 Å². The van der Waals surface area contributed by atoms with Crippen LogP contribution in [0, 0.1) is 0 Å². The molecule has 0 radical (unpaired) electrons. The summed E-state index contributed by atoms with van der Waals surface area (Å²) in [6, 6.07) is 5.77. The van der Waals surface area contributed by atoms with Gasteiger partial charge in [0, 0.05) is 6.04 Å². The largest absolute Gasteiger partial charge is 0.454 e. The summed E-state index contributed by atoms with van der Waals surface area (Å²) in [7, 11) is 0. The zero-order valence-electron chi connectivity index (χ0n) is 14.7. The van der Waals surface area contributed by atoms with Gasteiger partial charge in [0.15, 0.2) is 11.5 Å². The van der Waals surface area contributed by atoms with Crippen LogP contribution in [-0.4, -0.2) is 28.2 Å². The van der Waals surface area contributed by atoms with Crippen LogP contribution < -0.4 is 20.3 Å². The summed E-state index contributed by atoms with van der Waals surface area (Å²) in [5.41, 5.74) is 1.34. The Balaban J connectivity index is 1.81. The fraction of sp³-hybridized carbons (Fsp3) is 0.444. The smallest absolute Gasteiger partial charge is 0.270 e. The molecular weight excluding hydrogens is 354 g/mol. The van der Waals surface area contributed by atoms with Gasteiger partial charge in [-0.3, -0.25) is 19.4 Å². The monoisotopic (exact) mass is 375 g/mol. The van der Waals surface area contributed by atoms with Gasteiger partial charge in [-0.05, 0) is 31.0 Å². The van der Waals surface area contributed by atoms with E-state index in [2.05, 4.69) is 17.3 Å². The van der Waals surface area contributed by atoms with Crippen molar-refractivity contribution in [2.24, 2.45) is 0 Å². The number of fused-ring (bicyclic) bond motifs is 2. The van der Waals surface area contributed by atoms with Crippen LogP contribution in [0.3, 0.4) is 0 Å². The summed E-state index contributed by atoms with van der Waals surface area (Å²) in [6.45, 7) is 4.34. The fourth-order valence-corrected chi connectivity index (χ4v) is 4.58. The third-order valence-corrected chi connectivity index (χ3v) is 5.98. The highest BCUT2D eigenvalue weighted by molar-refractivity contribution is 8.00. The lowest BCUT2D eigenvalue weighted by molar-refractivity contribution is -0.113. The van der Waals surface area contributed by atoms with Gasteiger partial charge in [-0.1, -0.05) is 19.4 Å². The molecule has 7 nitrogen and oxygen atoms in total. The van der Waals surface area contributed by atoms with Gasteiger partial charge in [0.2, 0.25) is 12.7 Å². The van der Waals surface area contributed by atoms with Crippen molar-refractivity contribution in [2.45, 2.75) is 38.0 Å². The average molecular weight is 375 g/mol. The quantitative estimate of drug-likeness (QED) is 0.858. The lowest BCUT2D eigenvalue weighted by Gasteiger charge is -2.17. The van der Waals surface area contributed by atoms with Gasteiger partial charge in [0.1, 0.15) is 5.82 Å². The first-order valence-corrected chi connectivity index (χ1v) is 9.78. The molecule has 0 saturated carbocycles. The Labute approximate surface area is 155 Å². The highest BCUT2D eigenvalue weighted by atomic mass is 32.2. The standard InChI is InChI=1S/C18H21N3O4S/c1-3-4-10(2)21-17-15(18(23)20-21)16(26-8-14(22)19-17)11-5-6-12-13(7-11)25-9-24-12/h5-7,10,16H,3-4,8-9H2,1-2H3,(H,19,22)(H,20,23)/t10-,16-/m1/s1. The van der Waals surface area contributed by atoms with Crippen LogP contribution in [0.15, 0.2) is 23.0 Å². The summed E-state index contributed by atoms with van der Waals surface area (Å²) in [4.78, 5) is 25.0. The van der Waals surface area contributed by atoms with Crippen LogP contribution >= 0.6 is 11.8 Å². The van der Waals surface area contributed by atoms with Crippen molar-refractivity contribution >= 4 is 23.5 Å². The van der Waals surface area contributed by atoms with Crippen molar-refractivity contribution in [1.82, 2.24) is 9.78 Å². The maximum absolute atomic E-state index is 12.8.